The summed E-state index contributed by atoms with van der Waals surface area (Å²) >= 11 is 12.6. The summed E-state index contributed by atoms with van der Waals surface area (Å²) in [4.78, 5) is 0. The standard InChI is InChI=1S/C23H19Cl2NO/c24-16-6-7-17(21(25)12-16)15-10-18(14-4-2-1-3-5-14)23-19(11-15)20-13-26-9-8-22(20)27-23/h1-7,10-12,20,22,26H,8-9,13H2. The van der Waals surface area contributed by atoms with Crippen LogP contribution < -0.4 is 10.1 Å². The van der Waals surface area contributed by atoms with E-state index < -0.39 is 0 Å². The normalized spacial score (nSPS) is 20.7. The van der Waals surface area contributed by atoms with Crippen LogP contribution in [-0.2, 0) is 0 Å². The second kappa shape index (κ2) is 6.87. The number of piperidine rings is 1. The van der Waals surface area contributed by atoms with Gasteiger partial charge >= 0.3 is 0 Å². The van der Waals surface area contributed by atoms with Crippen molar-refractivity contribution in [3.8, 4) is 28.0 Å². The SMILES string of the molecule is Clc1ccc(-c2cc(-c3ccccc3)c3c(c2)C2CNCCC2O3)c(Cl)c1. The molecule has 1 fully saturated rings. The van der Waals surface area contributed by atoms with Crippen LogP contribution in [0.25, 0.3) is 22.3 Å². The Hall–Kier alpha value is -2.00. The van der Waals surface area contributed by atoms with E-state index in [-0.39, 0.29) is 6.10 Å². The lowest BCUT2D eigenvalue weighted by Gasteiger charge is -2.24. The molecule has 1 N–H and O–H groups in total. The average Bonchev–Trinajstić information content (AvgIpc) is 3.07. The van der Waals surface area contributed by atoms with Gasteiger partial charge in [0.2, 0.25) is 0 Å². The van der Waals surface area contributed by atoms with E-state index in [4.69, 9.17) is 27.9 Å². The highest BCUT2D eigenvalue weighted by atomic mass is 35.5. The Kier molecular flexibility index (Phi) is 4.35. The number of fused-ring (bicyclic) bond motifs is 3. The lowest BCUT2D eigenvalue weighted by Crippen LogP contribution is -2.37. The highest BCUT2D eigenvalue weighted by Gasteiger charge is 2.38. The summed E-state index contributed by atoms with van der Waals surface area (Å²) in [6, 6.07) is 20.5. The number of benzene rings is 3. The van der Waals surface area contributed by atoms with Gasteiger partial charge in [0.15, 0.2) is 0 Å². The molecule has 2 heterocycles. The molecule has 2 unspecified atom stereocenters. The number of nitrogens with one attached hydrogen (secondary N) is 1. The Balaban J connectivity index is 1.72. The van der Waals surface area contributed by atoms with E-state index in [1.165, 1.54) is 5.56 Å². The third-order valence-electron chi connectivity index (χ3n) is 5.53. The van der Waals surface area contributed by atoms with Crippen molar-refractivity contribution in [3.63, 3.8) is 0 Å². The van der Waals surface area contributed by atoms with E-state index in [9.17, 15) is 0 Å². The molecular formula is C23H19Cl2NO. The summed E-state index contributed by atoms with van der Waals surface area (Å²) in [7, 11) is 0. The van der Waals surface area contributed by atoms with E-state index in [0.29, 0.717) is 16.0 Å². The van der Waals surface area contributed by atoms with E-state index in [1.807, 2.05) is 18.2 Å². The average molecular weight is 396 g/mol. The molecule has 27 heavy (non-hydrogen) atoms. The maximum atomic E-state index is 6.52. The van der Waals surface area contributed by atoms with Gasteiger partial charge in [-0.15, -0.1) is 0 Å². The Morgan fingerprint density at radius 3 is 2.56 bits per heavy atom. The lowest BCUT2D eigenvalue weighted by molar-refractivity contribution is 0.173. The third kappa shape index (κ3) is 3.02. The molecule has 4 heteroatoms. The highest BCUT2D eigenvalue weighted by molar-refractivity contribution is 6.36. The summed E-state index contributed by atoms with van der Waals surface area (Å²) in [5.41, 5.74) is 5.66. The first-order chi connectivity index (χ1) is 13.2. The van der Waals surface area contributed by atoms with Crippen LogP contribution in [0.5, 0.6) is 5.75 Å². The van der Waals surface area contributed by atoms with E-state index in [2.05, 4.69) is 41.7 Å². The summed E-state index contributed by atoms with van der Waals surface area (Å²) in [5.74, 6) is 1.40. The summed E-state index contributed by atoms with van der Waals surface area (Å²) < 4.78 is 6.44. The van der Waals surface area contributed by atoms with Gasteiger partial charge in [0.05, 0.1) is 0 Å². The first-order valence-electron chi connectivity index (χ1n) is 9.27. The Labute approximate surface area is 169 Å². The molecule has 3 aromatic rings. The number of rotatable bonds is 2. The number of hydrogen-bond donors (Lipinski definition) is 1. The van der Waals surface area contributed by atoms with Crippen LogP contribution in [0.15, 0.2) is 60.7 Å². The number of halogens is 2. The van der Waals surface area contributed by atoms with Gasteiger partial charge in [-0.3, -0.25) is 0 Å². The molecule has 0 radical (unpaired) electrons. The maximum absolute atomic E-state index is 6.52. The molecule has 2 aliphatic heterocycles. The summed E-state index contributed by atoms with van der Waals surface area (Å²) in [6.07, 6.45) is 1.28. The van der Waals surface area contributed by atoms with Gasteiger partial charge in [0, 0.05) is 39.2 Å². The molecule has 1 saturated heterocycles. The highest BCUT2D eigenvalue weighted by Crippen LogP contribution is 2.48. The molecular weight excluding hydrogens is 377 g/mol. The molecule has 0 amide bonds. The molecule has 0 spiro atoms. The van der Waals surface area contributed by atoms with Crippen molar-refractivity contribution in [1.82, 2.24) is 5.32 Å². The molecule has 2 aliphatic rings. The fraction of sp³-hybridized carbons (Fsp3) is 0.217. The van der Waals surface area contributed by atoms with Crippen molar-refractivity contribution < 1.29 is 4.74 Å². The van der Waals surface area contributed by atoms with Crippen LogP contribution in [-0.4, -0.2) is 19.2 Å². The van der Waals surface area contributed by atoms with Crippen LogP contribution in [0.3, 0.4) is 0 Å². The smallest absolute Gasteiger partial charge is 0.131 e. The van der Waals surface area contributed by atoms with Crippen LogP contribution in [0.4, 0.5) is 0 Å². The molecule has 0 saturated carbocycles. The molecule has 2 atom stereocenters. The lowest BCUT2D eigenvalue weighted by atomic mass is 9.87. The van der Waals surface area contributed by atoms with Gasteiger partial charge < -0.3 is 10.1 Å². The van der Waals surface area contributed by atoms with E-state index >= 15 is 0 Å². The van der Waals surface area contributed by atoms with Crippen LogP contribution >= 0.6 is 23.2 Å². The van der Waals surface area contributed by atoms with Crippen LogP contribution in [0.2, 0.25) is 10.0 Å². The summed E-state index contributed by atoms with van der Waals surface area (Å²) in [6.45, 7) is 1.95. The number of hydrogen-bond acceptors (Lipinski definition) is 2. The number of ether oxygens (including phenoxy) is 1. The summed E-state index contributed by atoms with van der Waals surface area (Å²) in [5, 5.41) is 4.82. The molecule has 2 nitrogen and oxygen atoms in total. The van der Waals surface area contributed by atoms with Crippen molar-refractivity contribution in [2.75, 3.05) is 13.1 Å². The molecule has 5 rings (SSSR count). The monoisotopic (exact) mass is 395 g/mol. The third-order valence-corrected chi connectivity index (χ3v) is 6.08. The van der Waals surface area contributed by atoms with Crippen molar-refractivity contribution >= 4 is 23.2 Å². The minimum atomic E-state index is 0.250. The van der Waals surface area contributed by atoms with Gasteiger partial charge in [0.1, 0.15) is 11.9 Å². The predicted octanol–water partition coefficient (Wildman–Crippen LogP) is 6.17. The van der Waals surface area contributed by atoms with Crippen molar-refractivity contribution in [2.45, 2.75) is 18.4 Å². The topological polar surface area (TPSA) is 21.3 Å². The zero-order chi connectivity index (χ0) is 18.4. The molecule has 3 aromatic carbocycles. The fourth-order valence-corrected chi connectivity index (χ4v) is 4.72. The molecule has 0 aromatic heterocycles. The zero-order valence-corrected chi connectivity index (χ0v) is 16.2. The Morgan fingerprint density at radius 1 is 0.889 bits per heavy atom. The van der Waals surface area contributed by atoms with Gasteiger partial charge in [-0.2, -0.15) is 0 Å². The minimum Gasteiger partial charge on any atom is -0.489 e. The van der Waals surface area contributed by atoms with Gasteiger partial charge in [0.25, 0.3) is 0 Å². The molecule has 136 valence electrons. The van der Waals surface area contributed by atoms with Crippen LogP contribution in [0.1, 0.15) is 17.9 Å². The zero-order valence-electron chi connectivity index (χ0n) is 14.7. The fourth-order valence-electron chi connectivity index (χ4n) is 4.21. The van der Waals surface area contributed by atoms with Crippen molar-refractivity contribution in [2.24, 2.45) is 0 Å². The largest absolute Gasteiger partial charge is 0.489 e. The quantitative estimate of drug-likeness (QED) is 0.560. The molecule has 0 aliphatic carbocycles. The predicted molar refractivity (Wildman–Crippen MR) is 112 cm³/mol. The van der Waals surface area contributed by atoms with Gasteiger partial charge in [-0.05, 0) is 48.4 Å². The van der Waals surface area contributed by atoms with E-state index in [0.717, 1.165) is 47.5 Å². The Bertz CT molecular complexity index is 1000. The van der Waals surface area contributed by atoms with Crippen molar-refractivity contribution in [3.05, 3.63) is 76.3 Å². The second-order valence-electron chi connectivity index (χ2n) is 7.19. The maximum Gasteiger partial charge on any atom is 0.131 e. The Morgan fingerprint density at radius 2 is 1.74 bits per heavy atom. The van der Waals surface area contributed by atoms with Crippen LogP contribution in [0, 0.1) is 0 Å². The first kappa shape index (κ1) is 17.1. The first-order valence-corrected chi connectivity index (χ1v) is 10.0. The second-order valence-corrected chi connectivity index (χ2v) is 8.03. The van der Waals surface area contributed by atoms with E-state index in [1.54, 1.807) is 6.07 Å². The minimum absolute atomic E-state index is 0.250. The molecule has 0 bridgehead atoms. The van der Waals surface area contributed by atoms with Gasteiger partial charge in [-0.1, -0.05) is 59.6 Å². The van der Waals surface area contributed by atoms with Crippen molar-refractivity contribution in [1.29, 1.82) is 0 Å². The van der Waals surface area contributed by atoms with Gasteiger partial charge in [-0.25, -0.2) is 0 Å².